The summed E-state index contributed by atoms with van der Waals surface area (Å²) < 4.78 is 1.78. The minimum absolute atomic E-state index is 0.0565. The molecule has 3 rings (SSSR count). The third kappa shape index (κ3) is 2.57. The van der Waals surface area contributed by atoms with Crippen molar-refractivity contribution in [1.82, 2.24) is 19.7 Å². The van der Waals surface area contributed by atoms with Crippen LogP contribution in [0.3, 0.4) is 0 Å². The molecule has 0 unspecified atom stereocenters. The maximum Gasteiger partial charge on any atom is 0.253 e. The molecule has 3 aromatic rings. The van der Waals surface area contributed by atoms with E-state index in [0.29, 0.717) is 18.7 Å². The van der Waals surface area contributed by atoms with Gasteiger partial charge in [0, 0.05) is 36.4 Å². The van der Waals surface area contributed by atoms with Crippen LogP contribution < -0.4 is 0 Å². The van der Waals surface area contributed by atoms with E-state index in [0.717, 1.165) is 16.6 Å². The Morgan fingerprint density at radius 1 is 1.23 bits per heavy atom. The van der Waals surface area contributed by atoms with Gasteiger partial charge in [-0.2, -0.15) is 5.10 Å². The molecule has 22 heavy (non-hydrogen) atoms. The third-order valence-corrected chi connectivity index (χ3v) is 3.71. The summed E-state index contributed by atoms with van der Waals surface area (Å²) in [6.07, 6.45) is 5.41. The number of carbonyl (C=O) groups is 1. The molecule has 0 atom stereocenters. The van der Waals surface area contributed by atoms with Crippen LogP contribution in [0.25, 0.3) is 16.6 Å². The van der Waals surface area contributed by atoms with Crippen molar-refractivity contribution >= 4 is 16.8 Å². The number of nitrogens with zero attached hydrogens (tertiary/aromatic N) is 4. The van der Waals surface area contributed by atoms with Gasteiger partial charge in [0.05, 0.1) is 17.4 Å². The Labute approximate surface area is 129 Å². The molecule has 2 heterocycles. The predicted octanol–water partition coefficient (Wildman–Crippen LogP) is 2.90. The van der Waals surface area contributed by atoms with Crippen molar-refractivity contribution in [2.75, 3.05) is 13.1 Å². The van der Waals surface area contributed by atoms with Crippen LogP contribution in [-0.4, -0.2) is 38.7 Å². The van der Waals surface area contributed by atoms with Gasteiger partial charge in [-0.15, -0.1) is 0 Å². The van der Waals surface area contributed by atoms with Crippen molar-refractivity contribution in [1.29, 1.82) is 0 Å². The highest BCUT2D eigenvalue weighted by atomic mass is 16.2. The monoisotopic (exact) mass is 294 g/mol. The van der Waals surface area contributed by atoms with E-state index in [1.54, 1.807) is 17.1 Å². The van der Waals surface area contributed by atoms with Crippen LogP contribution in [0, 0.1) is 0 Å². The van der Waals surface area contributed by atoms with Crippen LogP contribution in [-0.2, 0) is 0 Å². The van der Waals surface area contributed by atoms with Crippen LogP contribution in [0.5, 0.6) is 0 Å². The topological polar surface area (TPSA) is 51.0 Å². The van der Waals surface area contributed by atoms with Crippen molar-refractivity contribution in [2.24, 2.45) is 0 Å². The van der Waals surface area contributed by atoms with Gasteiger partial charge in [0.1, 0.15) is 0 Å². The lowest BCUT2D eigenvalue weighted by Gasteiger charge is -2.18. The van der Waals surface area contributed by atoms with Crippen LogP contribution in [0.4, 0.5) is 0 Å². The van der Waals surface area contributed by atoms with E-state index in [2.05, 4.69) is 10.1 Å². The minimum Gasteiger partial charge on any atom is -0.339 e. The van der Waals surface area contributed by atoms with Gasteiger partial charge in [-0.25, -0.2) is 4.68 Å². The van der Waals surface area contributed by atoms with E-state index in [1.807, 2.05) is 55.3 Å². The van der Waals surface area contributed by atoms with Gasteiger partial charge in [-0.3, -0.25) is 9.78 Å². The quantitative estimate of drug-likeness (QED) is 0.743. The van der Waals surface area contributed by atoms with Gasteiger partial charge in [0.15, 0.2) is 0 Å². The zero-order chi connectivity index (χ0) is 15.5. The summed E-state index contributed by atoms with van der Waals surface area (Å²) in [5, 5.41) is 5.47. The van der Waals surface area contributed by atoms with E-state index in [1.165, 1.54) is 0 Å². The summed E-state index contributed by atoms with van der Waals surface area (Å²) in [5.74, 6) is 0.0565. The summed E-state index contributed by atoms with van der Waals surface area (Å²) in [4.78, 5) is 18.3. The Balaban J connectivity index is 1.99. The Morgan fingerprint density at radius 2 is 2.05 bits per heavy atom. The summed E-state index contributed by atoms with van der Waals surface area (Å²) >= 11 is 0. The van der Waals surface area contributed by atoms with E-state index in [9.17, 15) is 4.79 Å². The van der Waals surface area contributed by atoms with E-state index < -0.39 is 0 Å². The number of aromatic nitrogens is 3. The summed E-state index contributed by atoms with van der Waals surface area (Å²) in [5.41, 5.74) is 2.46. The highest BCUT2D eigenvalue weighted by molar-refractivity contribution is 5.97. The van der Waals surface area contributed by atoms with Crippen molar-refractivity contribution < 1.29 is 4.79 Å². The molecule has 2 aromatic heterocycles. The molecule has 0 N–H and O–H groups in total. The lowest BCUT2D eigenvalue weighted by atomic mass is 10.1. The number of hydrogen-bond donors (Lipinski definition) is 0. The molecule has 0 aliphatic rings. The molecule has 0 radical (unpaired) electrons. The highest BCUT2D eigenvalue weighted by Gasteiger charge is 2.13. The third-order valence-electron chi connectivity index (χ3n) is 3.71. The Hall–Kier alpha value is -2.69. The number of benzene rings is 1. The average Bonchev–Trinajstić information content (AvgIpc) is 2.99. The molecule has 0 fully saturated rings. The Morgan fingerprint density at radius 3 is 2.73 bits per heavy atom. The van der Waals surface area contributed by atoms with Gasteiger partial charge in [0.2, 0.25) is 0 Å². The highest BCUT2D eigenvalue weighted by Crippen LogP contribution is 2.18. The number of carbonyl (C=O) groups excluding carboxylic acids is 1. The molecule has 5 nitrogen and oxygen atoms in total. The molecule has 1 amide bonds. The fourth-order valence-electron chi connectivity index (χ4n) is 2.47. The SMILES string of the molecule is CCN(CC)C(=O)c1ccc2nn(-c3cccnc3)cc2c1. The molecule has 0 aliphatic carbocycles. The molecular weight excluding hydrogens is 276 g/mol. The summed E-state index contributed by atoms with van der Waals surface area (Å²) in [6, 6.07) is 9.44. The molecule has 0 saturated carbocycles. The molecule has 0 spiro atoms. The van der Waals surface area contributed by atoms with Crippen molar-refractivity contribution in [3.05, 3.63) is 54.5 Å². The maximum absolute atomic E-state index is 12.4. The molecular formula is C17H18N4O. The van der Waals surface area contributed by atoms with Gasteiger partial charge >= 0.3 is 0 Å². The summed E-state index contributed by atoms with van der Waals surface area (Å²) in [6.45, 7) is 5.39. The lowest BCUT2D eigenvalue weighted by molar-refractivity contribution is 0.0773. The Bertz CT molecular complexity index is 791. The van der Waals surface area contributed by atoms with E-state index in [4.69, 9.17) is 0 Å². The average molecular weight is 294 g/mol. The van der Waals surface area contributed by atoms with Crippen LogP contribution in [0.2, 0.25) is 0 Å². The number of rotatable bonds is 4. The second-order valence-electron chi connectivity index (χ2n) is 5.04. The van der Waals surface area contributed by atoms with Gasteiger partial charge < -0.3 is 4.90 Å². The predicted molar refractivity (Wildman–Crippen MR) is 86.1 cm³/mol. The maximum atomic E-state index is 12.4. The largest absolute Gasteiger partial charge is 0.339 e. The first-order valence-electron chi connectivity index (χ1n) is 7.42. The molecule has 1 aromatic carbocycles. The number of pyridine rings is 1. The van der Waals surface area contributed by atoms with E-state index in [-0.39, 0.29) is 5.91 Å². The first kappa shape index (κ1) is 14.3. The number of fused-ring (bicyclic) bond motifs is 1. The second kappa shape index (κ2) is 5.97. The molecule has 0 bridgehead atoms. The zero-order valence-electron chi connectivity index (χ0n) is 12.7. The molecule has 0 aliphatic heterocycles. The van der Waals surface area contributed by atoms with Crippen molar-refractivity contribution in [3.63, 3.8) is 0 Å². The normalized spacial score (nSPS) is 10.8. The first-order chi connectivity index (χ1) is 10.7. The number of hydrogen-bond acceptors (Lipinski definition) is 3. The zero-order valence-corrected chi connectivity index (χ0v) is 12.7. The lowest BCUT2D eigenvalue weighted by Crippen LogP contribution is -2.30. The van der Waals surface area contributed by atoms with Crippen LogP contribution >= 0.6 is 0 Å². The fraction of sp³-hybridized carbons (Fsp3) is 0.235. The van der Waals surface area contributed by atoms with Gasteiger partial charge in [-0.1, -0.05) is 0 Å². The van der Waals surface area contributed by atoms with E-state index >= 15 is 0 Å². The van der Waals surface area contributed by atoms with Gasteiger partial charge in [-0.05, 0) is 44.2 Å². The summed E-state index contributed by atoms with van der Waals surface area (Å²) in [7, 11) is 0. The number of amides is 1. The standard InChI is InChI=1S/C17H18N4O/c1-3-20(4-2)17(22)13-7-8-16-14(10-13)12-21(19-16)15-6-5-9-18-11-15/h5-12H,3-4H2,1-2H3. The van der Waals surface area contributed by atoms with Gasteiger partial charge in [0.25, 0.3) is 5.91 Å². The fourth-order valence-corrected chi connectivity index (χ4v) is 2.47. The van der Waals surface area contributed by atoms with Crippen molar-refractivity contribution in [3.8, 4) is 5.69 Å². The first-order valence-corrected chi connectivity index (χ1v) is 7.42. The van der Waals surface area contributed by atoms with Crippen molar-refractivity contribution in [2.45, 2.75) is 13.8 Å². The second-order valence-corrected chi connectivity index (χ2v) is 5.04. The smallest absolute Gasteiger partial charge is 0.253 e. The molecule has 112 valence electrons. The van der Waals surface area contributed by atoms with Crippen LogP contribution in [0.1, 0.15) is 24.2 Å². The van der Waals surface area contributed by atoms with Crippen LogP contribution in [0.15, 0.2) is 48.9 Å². The minimum atomic E-state index is 0.0565. The molecule has 5 heteroatoms. The molecule has 0 saturated heterocycles. The Kier molecular flexibility index (Phi) is 3.87.